The van der Waals surface area contributed by atoms with Crippen molar-refractivity contribution in [2.75, 3.05) is 30.3 Å². The molecule has 7 nitrogen and oxygen atoms in total. The topological polar surface area (TPSA) is 84.9 Å². The summed E-state index contributed by atoms with van der Waals surface area (Å²) in [6, 6.07) is 8.02. The molecule has 0 spiro atoms. The molecule has 0 saturated heterocycles. The van der Waals surface area contributed by atoms with Crippen LogP contribution in [0.3, 0.4) is 0 Å². The molecule has 31 heavy (non-hydrogen) atoms. The second kappa shape index (κ2) is 9.51. The number of nitrogens with zero attached hydrogens (tertiary/aromatic N) is 1. The number of hydrogen-bond acceptors (Lipinski definition) is 5. The Bertz CT molecular complexity index is 1060. The highest BCUT2D eigenvalue weighted by Crippen LogP contribution is 2.32. The van der Waals surface area contributed by atoms with Gasteiger partial charge < -0.3 is 14.8 Å². The predicted octanol–water partition coefficient (Wildman–Crippen LogP) is 3.16. The first-order valence-corrected chi connectivity index (χ1v) is 11.6. The van der Waals surface area contributed by atoms with Crippen molar-refractivity contribution in [1.82, 2.24) is 5.32 Å². The van der Waals surface area contributed by atoms with Crippen molar-refractivity contribution in [3.63, 3.8) is 0 Å². The van der Waals surface area contributed by atoms with Gasteiger partial charge in [0.2, 0.25) is 15.9 Å². The van der Waals surface area contributed by atoms with E-state index in [-0.39, 0.29) is 37.0 Å². The number of ether oxygens (including phenoxy) is 2. The van der Waals surface area contributed by atoms with Crippen LogP contribution in [0.4, 0.5) is 14.5 Å². The molecule has 0 fully saturated rings. The zero-order chi connectivity index (χ0) is 22.6. The van der Waals surface area contributed by atoms with Crippen molar-refractivity contribution in [1.29, 1.82) is 0 Å². The predicted molar refractivity (Wildman–Crippen MR) is 112 cm³/mol. The quantitative estimate of drug-likeness (QED) is 0.662. The second-order valence-corrected chi connectivity index (χ2v) is 9.14. The fourth-order valence-corrected chi connectivity index (χ4v) is 4.19. The van der Waals surface area contributed by atoms with E-state index >= 15 is 0 Å². The number of halogens is 2. The van der Waals surface area contributed by atoms with Gasteiger partial charge in [0, 0.05) is 19.0 Å². The van der Waals surface area contributed by atoms with Crippen LogP contribution in [-0.4, -0.2) is 40.3 Å². The molecule has 3 rings (SSSR count). The summed E-state index contributed by atoms with van der Waals surface area (Å²) in [5.41, 5.74) is 0.851. The minimum atomic E-state index is -3.73. The van der Waals surface area contributed by atoms with Gasteiger partial charge >= 0.3 is 0 Å². The Labute approximate surface area is 180 Å². The van der Waals surface area contributed by atoms with Gasteiger partial charge in [0.15, 0.2) is 23.1 Å². The molecule has 1 unspecified atom stereocenters. The van der Waals surface area contributed by atoms with E-state index in [2.05, 4.69) is 5.32 Å². The van der Waals surface area contributed by atoms with Gasteiger partial charge in [-0.25, -0.2) is 17.2 Å². The van der Waals surface area contributed by atoms with Crippen LogP contribution in [0, 0.1) is 11.6 Å². The van der Waals surface area contributed by atoms with Crippen molar-refractivity contribution in [2.24, 2.45) is 0 Å². The number of benzene rings is 2. The van der Waals surface area contributed by atoms with Gasteiger partial charge in [-0.05, 0) is 43.2 Å². The number of anilines is 1. The van der Waals surface area contributed by atoms with E-state index in [9.17, 15) is 22.0 Å². The Hall–Kier alpha value is -2.88. The third kappa shape index (κ3) is 5.84. The molecule has 0 bridgehead atoms. The third-order valence-corrected chi connectivity index (χ3v) is 5.99. The fourth-order valence-electron chi connectivity index (χ4n) is 3.24. The first-order valence-electron chi connectivity index (χ1n) is 9.77. The van der Waals surface area contributed by atoms with Crippen molar-refractivity contribution in [3.8, 4) is 11.5 Å². The summed E-state index contributed by atoms with van der Waals surface area (Å²) in [5.74, 6) is -1.19. The second-order valence-electron chi connectivity index (χ2n) is 7.23. The summed E-state index contributed by atoms with van der Waals surface area (Å²) >= 11 is 0. The van der Waals surface area contributed by atoms with Crippen LogP contribution in [0.25, 0.3) is 0 Å². The van der Waals surface area contributed by atoms with Crippen LogP contribution < -0.4 is 19.1 Å². The van der Waals surface area contributed by atoms with E-state index in [1.165, 1.54) is 6.07 Å². The maximum atomic E-state index is 13.5. The number of rotatable bonds is 8. The maximum absolute atomic E-state index is 13.5. The van der Waals surface area contributed by atoms with Crippen LogP contribution in [0.15, 0.2) is 36.4 Å². The van der Waals surface area contributed by atoms with Gasteiger partial charge in [0.1, 0.15) is 13.2 Å². The third-order valence-electron chi connectivity index (χ3n) is 4.80. The van der Waals surface area contributed by atoms with E-state index in [4.69, 9.17) is 9.47 Å². The zero-order valence-electron chi connectivity index (χ0n) is 17.2. The molecule has 0 aromatic heterocycles. The summed E-state index contributed by atoms with van der Waals surface area (Å²) in [5, 5.41) is 2.86. The van der Waals surface area contributed by atoms with Gasteiger partial charge in [-0.1, -0.05) is 6.07 Å². The fraction of sp³-hybridized carbons (Fsp3) is 0.381. The van der Waals surface area contributed by atoms with E-state index in [1.54, 1.807) is 6.07 Å². The lowest BCUT2D eigenvalue weighted by Crippen LogP contribution is -2.32. The average molecular weight is 454 g/mol. The molecule has 0 aliphatic carbocycles. The first-order chi connectivity index (χ1) is 14.6. The lowest BCUT2D eigenvalue weighted by atomic mass is 10.1. The minimum absolute atomic E-state index is 0.00598. The van der Waals surface area contributed by atoms with E-state index in [0.717, 1.165) is 28.3 Å². The Balaban J connectivity index is 1.57. The number of carbonyl (C=O) groups excluding carboxylic acids is 1. The van der Waals surface area contributed by atoms with Crippen LogP contribution >= 0.6 is 0 Å². The Kier molecular flexibility index (Phi) is 6.99. The van der Waals surface area contributed by atoms with Gasteiger partial charge in [-0.15, -0.1) is 0 Å². The average Bonchev–Trinajstić information content (AvgIpc) is 2.72. The Morgan fingerprint density at radius 2 is 1.81 bits per heavy atom. The molecule has 10 heteroatoms. The SMILES string of the molecule is CC(NC(=O)CCCN(c1ccc(F)c(F)c1)S(C)(=O)=O)c1ccc2c(c1)OCCO2. The molecule has 1 amide bonds. The normalized spacial score (nSPS) is 14.1. The molecule has 2 aromatic rings. The summed E-state index contributed by atoms with van der Waals surface area (Å²) in [6.45, 7) is 2.74. The smallest absolute Gasteiger partial charge is 0.232 e. The number of fused-ring (bicyclic) bond motifs is 1. The minimum Gasteiger partial charge on any atom is -0.486 e. The first kappa shape index (κ1) is 22.8. The number of carbonyl (C=O) groups is 1. The number of hydrogen-bond donors (Lipinski definition) is 1. The molecular weight excluding hydrogens is 430 g/mol. The van der Waals surface area contributed by atoms with E-state index in [0.29, 0.717) is 24.7 Å². The summed E-state index contributed by atoms with van der Waals surface area (Å²) < 4.78 is 62.8. The summed E-state index contributed by atoms with van der Waals surface area (Å²) in [6.07, 6.45) is 1.23. The van der Waals surface area contributed by atoms with Crippen LogP contribution in [0.2, 0.25) is 0 Å². The Morgan fingerprint density at radius 1 is 1.10 bits per heavy atom. The maximum Gasteiger partial charge on any atom is 0.232 e. The molecule has 0 radical (unpaired) electrons. The monoisotopic (exact) mass is 454 g/mol. The number of nitrogens with one attached hydrogen (secondary N) is 1. The van der Waals surface area contributed by atoms with Crippen molar-refractivity contribution < 1.29 is 31.5 Å². The van der Waals surface area contributed by atoms with Crippen LogP contribution in [0.5, 0.6) is 11.5 Å². The van der Waals surface area contributed by atoms with Crippen molar-refractivity contribution in [2.45, 2.75) is 25.8 Å². The number of sulfonamides is 1. The number of amides is 1. The van der Waals surface area contributed by atoms with Gasteiger partial charge in [-0.3, -0.25) is 9.10 Å². The van der Waals surface area contributed by atoms with Gasteiger partial charge in [-0.2, -0.15) is 0 Å². The molecule has 1 N–H and O–H groups in total. The van der Waals surface area contributed by atoms with E-state index < -0.39 is 21.7 Å². The molecule has 168 valence electrons. The molecule has 1 aliphatic heterocycles. The molecule has 1 aliphatic rings. The highest BCUT2D eigenvalue weighted by Gasteiger charge is 2.20. The molecule has 1 heterocycles. The lowest BCUT2D eigenvalue weighted by Gasteiger charge is -2.23. The lowest BCUT2D eigenvalue weighted by molar-refractivity contribution is -0.121. The summed E-state index contributed by atoms with van der Waals surface area (Å²) in [7, 11) is -3.73. The van der Waals surface area contributed by atoms with E-state index in [1.807, 2.05) is 19.1 Å². The zero-order valence-corrected chi connectivity index (χ0v) is 18.0. The van der Waals surface area contributed by atoms with Crippen molar-refractivity contribution in [3.05, 3.63) is 53.6 Å². The van der Waals surface area contributed by atoms with Crippen molar-refractivity contribution >= 4 is 21.6 Å². The summed E-state index contributed by atoms with van der Waals surface area (Å²) in [4.78, 5) is 12.3. The van der Waals surface area contributed by atoms with Gasteiger partial charge in [0.25, 0.3) is 0 Å². The molecule has 0 saturated carbocycles. The molecular formula is C21H24F2N2O5S. The van der Waals surface area contributed by atoms with Crippen LogP contribution in [0.1, 0.15) is 31.4 Å². The molecule has 2 aromatic carbocycles. The Morgan fingerprint density at radius 3 is 2.48 bits per heavy atom. The van der Waals surface area contributed by atoms with Crippen LogP contribution in [-0.2, 0) is 14.8 Å². The largest absolute Gasteiger partial charge is 0.486 e. The standard InChI is InChI=1S/C21H24F2N2O5S/c1-14(15-5-8-19-20(12-15)30-11-10-29-19)24-21(26)4-3-9-25(31(2,27)28)16-6-7-17(22)18(23)13-16/h5-8,12-14H,3-4,9-11H2,1-2H3,(H,24,26). The molecule has 1 atom stereocenters. The van der Waals surface area contributed by atoms with Gasteiger partial charge in [0.05, 0.1) is 18.0 Å². The highest BCUT2D eigenvalue weighted by atomic mass is 32.2. The highest BCUT2D eigenvalue weighted by molar-refractivity contribution is 7.92.